The SMILES string of the molecule is CCOC(=O)c1ccc(NC(=O)COC(=O)[C@H]2CC(=O)N(NC(=O)c3ccccc3OC)C2)cc1. The zero-order valence-corrected chi connectivity index (χ0v) is 19.2. The van der Waals surface area contributed by atoms with Crippen molar-refractivity contribution in [2.45, 2.75) is 13.3 Å². The molecule has 1 heterocycles. The Morgan fingerprint density at radius 1 is 1.03 bits per heavy atom. The van der Waals surface area contributed by atoms with Crippen LogP contribution in [-0.4, -0.2) is 61.5 Å². The summed E-state index contributed by atoms with van der Waals surface area (Å²) in [5, 5.41) is 3.59. The van der Waals surface area contributed by atoms with Crippen LogP contribution in [0.5, 0.6) is 5.75 Å². The highest BCUT2D eigenvalue weighted by molar-refractivity contribution is 5.99. The van der Waals surface area contributed by atoms with Crippen LogP contribution in [0.3, 0.4) is 0 Å². The smallest absolute Gasteiger partial charge is 0.338 e. The maximum Gasteiger partial charge on any atom is 0.338 e. The molecule has 0 unspecified atom stereocenters. The van der Waals surface area contributed by atoms with Gasteiger partial charge in [-0.05, 0) is 43.3 Å². The number of anilines is 1. The molecule has 2 aromatic rings. The highest BCUT2D eigenvalue weighted by Gasteiger charge is 2.37. The first-order valence-electron chi connectivity index (χ1n) is 10.8. The third-order valence-electron chi connectivity index (χ3n) is 5.07. The van der Waals surface area contributed by atoms with Crippen molar-refractivity contribution >= 4 is 35.3 Å². The van der Waals surface area contributed by atoms with E-state index in [4.69, 9.17) is 14.2 Å². The van der Waals surface area contributed by atoms with Gasteiger partial charge in [-0.2, -0.15) is 0 Å². The molecule has 0 aliphatic carbocycles. The molecule has 1 aliphatic heterocycles. The molecule has 3 amide bonds. The van der Waals surface area contributed by atoms with Crippen molar-refractivity contribution in [3.63, 3.8) is 0 Å². The number of esters is 2. The van der Waals surface area contributed by atoms with Crippen molar-refractivity contribution in [2.24, 2.45) is 5.92 Å². The molecule has 3 rings (SSSR count). The molecule has 0 bridgehead atoms. The monoisotopic (exact) mass is 483 g/mol. The lowest BCUT2D eigenvalue weighted by molar-refractivity contribution is -0.151. The number of rotatable bonds is 9. The zero-order valence-electron chi connectivity index (χ0n) is 19.2. The Bertz CT molecular complexity index is 1120. The Balaban J connectivity index is 1.47. The molecule has 2 aromatic carbocycles. The number of hydrazine groups is 1. The maximum absolute atomic E-state index is 12.5. The predicted octanol–water partition coefficient (Wildman–Crippen LogP) is 1.55. The highest BCUT2D eigenvalue weighted by atomic mass is 16.5. The zero-order chi connectivity index (χ0) is 25.4. The number of amides is 3. The van der Waals surface area contributed by atoms with Gasteiger partial charge in [0.25, 0.3) is 11.8 Å². The van der Waals surface area contributed by atoms with E-state index in [1.54, 1.807) is 31.2 Å². The van der Waals surface area contributed by atoms with Gasteiger partial charge in [-0.3, -0.25) is 29.6 Å². The summed E-state index contributed by atoms with van der Waals surface area (Å²) in [5.41, 5.74) is 3.44. The maximum atomic E-state index is 12.5. The van der Waals surface area contributed by atoms with Crippen molar-refractivity contribution in [1.29, 1.82) is 0 Å². The van der Waals surface area contributed by atoms with E-state index >= 15 is 0 Å². The highest BCUT2D eigenvalue weighted by Crippen LogP contribution is 2.20. The van der Waals surface area contributed by atoms with Gasteiger partial charge >= 0.3 is 11.9 Å². The summed E-state index contributed by atoms with van der Waals surface area (Å²) >= 11 is 0. The van der Waals surface area contributed by atoms with Gasteiger partial charge in [-0.1, -0.05) is 12.1 Å². The van der Waals surface area contributed by atoms with Gasteiger partial charge in [0.1, 0.15) is 5.75 Å². The molecule has 35 heavy (non-hydrogen) atoms. The van der Waals surface area contributed by atoms with E-state index in [1.807, 2.05) is 0 Å². The number of carbonyl (C=O) groups excluding carboxylic acids is 5. The van der Waals surface area contributed by atoms with E-state index in [0.717, 1.165) is 5.01 Å². The van der Waals surface area contributed by atoms with E-state index in [9.17, 15) is 24.0 Å². The normalized spacial score (nSPS) is 14.7. The van der Waals surface area contributed by atoms with Gasteiger partial charge in [-0.15, -0.1) is 0 Å². The minimum Gasteiger partial charge on any atom is -0.496 e. The predicted molar refractivity (Wildman–Crippen MR) is 122 cm³/mol. The first-order valence-corrected chi connectivity index (χ1v) is 10.8. The molecule has 0 radical (unpaired) electrons. The topological polar surface area (TPSA) is 140 Å². The fraction of sp³-hybridized carbons (Fsp3) is 0.292. The number of para-hydroxylation sites is 1. The van der Waals surface area contributed by atoms with E-state index in [0.29, 0.717) is 17.0 Å². The van der Waals surface area contributed by atoms with Gasteiger partial charge in [0.2, 0.25) is 5.91 Å². The molecule has 184 valence electrons. The Morgan fingerprint density at radius 3 is 2.43 bits per heavy atom. The largest absolute Gasteiger partial charge is 0.496 e. The van der Waals surface area contributed by atoms with Gasteiger partial charge < -0.3 is 19.5 Å². The van der Waals surface area contributed by atoms with Crippen LogP contribution in [0.25, 0.3) is 0 Å². The van der Waals surface area contributed by atoms with Crippen molar-refractivity contribution in [2.75, 3.05) is 32.2 Å². The van der Waals surface area contributed by atoms with Crippen LogP contribution < -0.4 is 15.5 Å². The Morgan fingerprint density at radius 2 is 1.74 bits per heavy atom. The molecule has 1 fully saturated rings. The standard InChI is InChI=1S/C24H25N3O8/c1-3-34-23(31)15-8-10-17(11-9-15)25-20(28)14-35-24(32)16-12-21(29)27(13-16)26-22(30)18-6-4-5-7-19(18)33-2/h4-11,16H,3,12-14H2,1-2H3,(H,25,28)(H,26,30)/t16-/m0/s1. The van der Waals surface area contributed by atoms with E-state index in [-0.39, 0.29) is 25.1 Å². The number of hydrogen-bond donors (Lipinski definition) is 2. The van der Waals surface area contributed by atoms with Gasteiger partial charge in [0, 0.05) is 12.1 Å². The number of nitrogens with one attached hydrogen (secondary N) is 2. The number of carbonyl (C=O) groups is 5. The average molecular weight is 483 g/mol. The minimum atomic E-state index is -0.836. The molecule has 1 aliphatic rings. The van der Waals surface area contributed by atoms with Crippen LogP contribution in [0.2, 0.25) is 0 Å². The molecule has 0 spiro atoms. The van der Waals surface area contributed by atoms with E-state index < -0.39 is 42.2 Å². The molecule has 0 saturated carbocycles. The first-order chi connectivity index (χ1) is 16.8. The van der Waals surface area contributed by atoms with Crippen LogP contribution in [-0.2, 0) is 23.9 Å². The van der Waals surface area contributed by atoms with E-state index in [1.165, 1.54) is 31.4 Å². The molecular weight excluding hydrogens is 458 g/mol. The first kappa shape index (κ1) is 25.2. The van der Waals surface area contributed by atoms with Crippen LogP contribution >= 0.6 is 0 Å². The van der Waals surface area contributed by atoms with Crippen LogP contribution in [0, 0.1) is 5.92 Å². The van der Waals surface area contributed by atoms with Gasteiger partial charge in [0.15, 0.2) is 6.61 Å². The van der Waals surface area contributed by atoms with Crippen LogP contribution in [0.1, 0.15) is 34.1 Å². The molecule has 1 atom stereocenters. The Labute approximate surface area is 201 Å². The van der Waals surface area contributed by atoms with Gasteiger partial charge in [0.05, 0.1) is 37.3 Å². The lowest BCUT2D eigenvalue weighted by Gasteiger charge is -2.18. The quantitative estimate of drug-likeness (QED) is 0.512. The number of methoxy groups -OCH3 is 1. The van der Waals surface area contributed by atoms with Gasteiger partial charge in [-0.25, -0.2) is 4.79 Å². The molecular formula is C24H25N3O8. The van der Waals surface area contributed by atoms with Crippen LogP contribution in [0.4, 0.5) is 5.69 Å². The lowest BCUT2D eigenvalue weighted by atomic mass is 10.1. The summed E-state index contributed by atoms with van der Waals surface area (Å²) in [6.07, 6.45) is -0.165. The second-order valence-corrected chi connectivity index (χ2v) is 7.50. The Kier molecular flexibility index (Phi) is 8.38. The second kappa shape index (κ2) is 11.6. The van der Waals surface area contributed by atoms with Crippen LogP contribution in [0.15, 0.2) is 48.5 Å². The summed E-state index contributed by atoms with van der Waals surface area (Å²) < 4.78 is 15.1. The lowest BCUT2D eigenvalue weighted by Crippen LogP contribution is -2.43. The molecule has 1 saturated heterocycles. The average Bonchev–Trinajstić information content (AvgIpc) is 3.23. The summed E-state index contributed by atoms with van der Waals surface area (Å²) in [7, 11) is 1.42. The summed E-state index contributed by atoms with van der Waals surface area (Å²) in [6.45, 7) is 1.30. The summed E-state index contributed by atoms with van der Waals surface area (Å²) in [4.78, 5) is 60.9. The van der Waals surface area contributed by atoms with Crippen molar-refractivity contribution < 1.29 is 38.2 Å². The third-order valence-corrected chi connectivity index (χ3v) is 5.07. The van der Waals surface area contributed by atoms with Crippen molar-refractivity contribution in [3.05, 3.63) is 59.7 Å². The third kappa shape index (κ3) is 6.56. The fourth-order valence-corrected chi connectivity index (χ4v) is 3.34. The minimum absolute atomic E-state index is 0.0878. The summed E-state index contributed by atoms with van der Waals surface area (Å²) in [5.74, 6) is -3.31. The number of nitrogens with zero attached hydrogens (tertiary/aromatic N) is 1. The number of benzene rings is 2. The second-order valence-electron chi connectivity index (χ2n) is 7.50. The molecule has 11 heteroatoms. The fourth-order valence-electron chi connectivity index (χ4n) is 3.34. The van der Waals surface area contributed by atoms with E-state index in [2.05, 4.69) is 10.7 Å². The van der Waals surface area contributed by atoms with Crippen molar-refractivity contribution in [3.8, 4) is 5.75 Å². The molecule has 11 nitrogen and oxygen atoms in total. The molecule has 2 N–H and O–H groups in total. The Hall–Kier alpha value is -4.41. The van der Waals surface area contributed by atoms with Crippen molar-refractivity contribution in [1.82, 2.24) is 10.4 Å². The number of hydrogen-bond acceptors (Lipinski definition) is 8. The molecule has 0 aromatic heterocycles. The summed E-state index contributed by atoms with van der Waals surface area (Å²) in [6, 6.07) is 12.5. The number of ether oxygens (including phenoxy) is 3.